The van der Waals surface area contributed by atoms with Gasteiger partial charge in [-0.2, -0.15) is 4.31 Å². The minimum Gasteiger partial charge on any atom is -0.314 e. The lowest BCUT2D eigenvalue weighted by molar-refractivity contribution is 0.264. The Labute approximate surface area is 126 Å². The summed E-state index contributed by atoms with van der Waals surface area (Å²) < 4.78 is 39.6. The summed E-state index contributed by atoms with van der Waals surface area (Å²) in [5.74, 6) is -0.0153. The Balaban J connectivity index is 1.98. The average Bonchev–Trinajstić information content (AvgIpc) is 2.45. The van der Waals surface area contributed by atoms with Crippen molar-refractivity contribution in [2.75, 3.05) is 19.6 Å². The summed E-state index contributed by atoms with van der Waals surface area (Å²) >= 11 is 0. The highest BCUT2D eigenvalue weighted by Gasteiger charge is 2.29. The molecule has 1 heterocycles. The summed E-state index contributed by atoms with van der Waals surface area (Å²) in [6, 6.07) is 5.66. The van der Waals surface area contributed by atoms with Crippen LogP contribution in [0.5, 0.6) is 0 Å². The van der Waals surface area contributed by atoms with Crippen LogP contribution in [0.15, 0.2) is 29.2 Å². The van der Waals surface area contributed by atoms with E-state index in [4.69, 9.17) is 0 Å². The number of benzene rings is 1. The van der Waals surface area contributed by atoms with Gasteiger partial charge in [0.25, 0.3) is 0 Å². The summed E-state index contributed by atoms with van der Waals surface area (Å²) in [7, 11) is -3.57. The second-order valence-corrected chi connectivity index (χ2v) is 7.81. The largest absolute Gasteiger partial charge is 0.314 e. The van der Waals surface area contributed by atoms with Crippen LogP contribution in [-0.4, -0.2) is 38.4 Å². The van der Waals surface area contributed by atoms with Crippen LogP contribution in [0, 0.1) is 11.7 Å². The summed E-state index contributed by atoms with van der Waals surface area (Å²) in [6.45, 7) is 6.13. The molecule has 1 aliphatic rings. The third-order valence-corrected chi connectivity index (χ3v) is 5.72. The Morgan fingerprint density at radius 2 is 2.00 bits per heavy atom. The van der Waals surface area contributed by atoms with Crippen LogP contribution in [-0.2, 0) is 10.0 Å². The van der Waals surface area contributed by atoms with Gasteiger partial charge in [-0.05, 0) is 43.5 Å². The van der Waals surface area contributed by atoms with Crippen molar-refractivity contribution in [3.05, 3.63) is 30.1 Å². The zero-order chi connectivity index (χ0) is 15.5. The van der Waals surface area contributed by atoms with Gasteiger partial charge in [0.2, 0.25) is 10.0 Å². The van der Waals surface area contributed by atoms with Crippen molar-refractivity contribution in [2.24, 2.45) is 5.92 Å². The molecule has 1 saturated heterocycles. The molecule has 21 heavy (non-hydrogen) atoms. The number of rotatable bonds is 5. The standard InChI is InChI=1S/C15H23FN2O2S/c1-12(2)17-11-13-6-8-18(9-7-13)21(19,20)15-5-3-4-14(16)10-15/h3-5,10,12-13,17H,6-9,11H2,1-2H3. The van der Waals surface area contributed by atoms with E-state index in [0.717, 1.165) is 25.5 Å². The normalized spacial score (nSPS) is 18.3. The summed E-state index contributed by atoms with van der Waals surface area (Å²) in [4.78, 5) is 0.0428. The van der Waals surface area contributed by atoms with Crippen molar-refractivity contribution in [3.63, 3.8) is 0 Å². The maximum Gasteiger partial charge on any atom is 0.243 e. The van der Waals surface area contributed by atoms with Gasteiger partial charge in [-0.3, -0.25) is 0 Å². The van der Waals surface area contributed by atoms with Crippen LogP contribution in [0.1, 0.15) is 26.7 Å². The van der Waals surface area contributed by atoms with E-state index in [1.54, 1.807) is 0 Å². The topological polar surface area (TPSA) is 49.4 Å². The fourth-order valence-electron chi connectivity index (χ4n) is 2.53. The fraction of sp³-hybridized carbons (Fsp3) is 0.600. The van der Waals surface area contributed by atoms with Gasteiger partial charge in [-0.1, -0.05) is 19.9 Å². The van der Waals surface area contributed by atoms with Gasteiger partial charge in [0.15, 0.2) is 0 Å². The number of piperidine rings is 1. The monoisotopic (exact) mass is 314 g/mol. The molecule has 118 valence electrons. The molecule has 0 radical (unpaired) electrons. The molecule has 0 saturated carbocycles. The maximum atomic E-state index is 13.2. The van der Waals surface area contributed by atoms with Gasteiger partial charge in [0.05, 0.1) is 4.90 Å². The minimum absolute atomic E-state index is 0.0428. The number of halogens is 1. The quantitative estimate of drug-likeness (QED) is 0.906. The first-order valence-electron chi connectivity index (χ1n) is 7.38. The highest BCUT2D eigenvalue weighted by atomic mass is 32.2. The van der Waals surface area contributed by atoms with E-state index in [2.05, 4.69) is 19.2 Å². The van der Waals surface area contributed by atoms with Crippen LogP contribution in [0.2, 0.25) is 0 Å². The van der Waals surface area contributed by atoms with Crippen LogP contribution in [0.3, 0.4) is 0 Å². The van der Waals surface area contributed by atoms with Crippen molar-refractivity contribution in [1.29, 1.82) is 0 Å². The van der Waals surface area contributed by atoms with Gasteiger partial charge in [0, 0.05) is 19.1 Å². The predicted molar refractivity (Wildman–Crippen MR) is 81.0 cm³/mol. The van der Waals surface area contributed by atoms with Crippen molar-refractivity contribution in [2.45, 2.75) is 37.6 Å². The first-order valence-corrected chi connectivity index (χ1v) is 8.82. The molecule has 0 bridgehead atoms. The van der Waals surface area contributed by atoms with Crippen LogP contribution >= 0.6 is 0 Å². The van der Waals surface area contributed by atoms with Crippen molar-refractivity contribution in [3.8, 4) is 0 Å². The Kier molecular flexibility index (Phi) is 5.35. The molecule has 0 aliphatic carbocycles. The molecular formula is C15H23FN2O2S. The fourth-order valence-corrected chi connectivity index (χ4v) is 4.03. The summed E-state index contributed by atoms with van der Waals surface area (Å²) in [5.41, 5.74) is 0. The Morgan fingerprint density at radius 1 is 1.33 bits per heavy atom. The zero-order valence-electron chi connectivity index (χ0n) is 12.5. The molecule has 0 amide bonds. The highest BCUT2D eigenvalue weighted by Crippen LogP contribution is 2.23. The van der Waals surface area contributed by atoms with E-state index < -0.39 is 15.8 Å². The Morgan fingerprint density at radius 3 is 2.57 bits per heavy atom. The van der Waals surface area contributed by atoms with E-state index in [0.29, 0.717) is 25.0 Å². The zero-order valence-corrected chi connectivity index (χ0v) is 13.4. The number of nitrogens with zero attached hydrogens (tertiary/aromatic N) is 1. The van der Waals surface area contributed by atoms with Gasteiger partial charge in [0.1, 0.15) is 5.82 Å². The van der Waals surface area contributed by atoms with E-state index in [-0.39, 0.29) is 4.90 Å². The van der Waals surface area contributed by atoms with Gasteiger partial charge in [-0.15, -0.1) is 0 Å². The third kappa shape index (κ3) is 4.25. The predicted octanol–water partition coefficient (Wildman–Crippen LogP) is 2.22. The first kappa shape index (κ1) is 16.4. The number of hydrogen-bond acceptors (Lipinski definition) is 3. The van der Waals surface area contributed by atoms with Gasteiger partial charge in [-0.25, -0.2) is 12.8 Å². The Bertz CT molecular complexity index is 567. The molecule has 0 unspecified atom stereocenters. The molecule has 2 rings (SSSR count). The molecule has 1 aromatic carbocycles. The molecular weight excluding hydrogens is 291 g/mol. The average molecular weight is 314 g/mol. The van der Waals surface area contributed by atoms with Gasteiger partial charge >= 0.3 is 0 Å². The first-order chi connectivity index (χ1) is 9.89. The highest BCUT2D eigenvalue weighted by molar-refractivity contribution is 7.89. The van der Waals surface area contributed by atoms with Crippen LogP contribution < -0.4 is 5.32 Å². The number of sulfonamides is 1. The molecule has 4 nitrogen and oxygen atoms in total. The molecule has 1 fully saturated rings. The van der Waals surface area contributed by atoms with Crippen molar-refractivity contribution in [1.82, 2.24) is 9.62 Å². The van der Waals surface area contributed by atoms with Crippen LogP contribution in [0.4, 0.5) is 4.39 Å². The minimum atomic E-state index is -3.57. The lowest BCUT2D eigenvalue weighted by Crippen LogP contribution is -2.41. The van der Waals surface area contributed by atoms with Gasteiger partial charge < -0.3 is 5.32 Å². The number of hydrogen-bond donors (Lipinski definition) is 1. The molecule has 0 atom stereocenters. The molecule has 0 spiro atoms. The summed E-state index contributed by atoms with van der Waals surface area (Å²) in [5, 5.41) is 3.39. The van der Waals surface area contributed by atoms with E-state index in [1.807, 2.05) is 0 Å². The number of nitrogens with one attached hydrogen (secondary N) is 1. The molecule has 6 heteroatoms. The molecule has 1 aliphatic heterocycles. The van der Waals surface area contributed by atoms with E-state index in [9.17, 15) is 12.8 Å². The van der Waals surface area contributed by atoms with Crippen molar-refractivity contribution >= 4 is 10.0 Å². The van der Waals surface area contributed by atoms with Crippen LogP contribution in [0.25, 0.3) is 0 Å². The second-order valence-electron chi connectivity index (χ2n) is 5.87. The lowest BCUT2D eigenvalue weighted by atomic mass is 9.98. The van der Waals surface area contributed by atoms with E-state index >= 15 is 0 Å². The Hall–Kier alpha value is -0.980. The molecule has 1 N–H and O–H groups in total. The third-order valence-electron chi connectivity index (χ3n) is 3.82. The SMILES string of the molecule is CC(C)NCC1CCN(S(=O)(=O)c2cccc(F)c2)CC1. The summed E-state index contributed by atoms with van der Waals surface area (Å²) in [6.07, 6.45) is 1.68. The van der Waals surface area contributed by atoms with E-state index in [1.165, 1.54) is 22.5 Å². The maximum absolute atomic E-state index is 13.2. The smallest absolute Gasteiger partial charge is 0.243 e. The molecule has 0 aromatic heterocycles. The lowest BCUT2D eigenvalue weighted by Gasteiger charge is -2.31. The van der Waals surface area contributed by atoms with Crippen molar-refractivity contribution < 1.29 is 12.8 Å². The second kappa shape index (κ2) is 6.85. The molecule has 1 aromatic rings.